The average molecular weight is 464 g/mol. The molecule has 1 aromatic heterocycles. The number of nitrogens with zero attached hydrogens (tertiary/aromatic N) is 2. The zero-order valence-corrected chi connectivity index (χ0v) is 19.6. The predicted molar refractivity (Wildman–Crippen MR) is 129 cm³/mol. The number of pyridine rings is 1. The van der Waals surface area contributed by atoms with Gasteiger partial charge in [-0.3, -0.25) is 14.6 Å². The number of amides is 2. The van der Waals surface area contributed by atoms with E-state index in [4.69, 9.17) is 4.74 Å². The standard InChI is InChI=1S/C27H30FN3O3/c1-27(2,30-25(32)15-19-4-3-5-24(28)14-19)26(33)31-10-11-34-18-21(17-31)12-20-6-7-22-8-9-29-16-23(22)13-20/h3-9,13-14,16,21H,10-12,15,17-18H2,1-2H3,(H,30,32). The number of aromatic nitrogens is 1. The van der Waals surface area contributed by atoms with Crippen LogP contribution in [-0.2, 0) is 27.2 Å². The Hall–Kier alpha value is -3.32. The van der Waals surface area contributed by atoms with Crippen molar-refractivity contribution in [1.29, 1.82) is 0 Å². The van der Waals surface area contributed by atoms with E-state index in [-0.39, 0.29) is 30.0 Å². The van der Waals surface area contributed by atoms with Gasteiger partial charge in [0.25, 0.3) is 0 Å². The minimum Gasteiger partial charge on any atom is -0.379 e. The van der Waals surface area contributed by atoms with E-state index in [1.807, 2.05) is 12.3 Å². The van der Waals surface area contributed by atoms with Crippen molar-refractivity contribution in [2.75, 3.05) is 26.3 Å². The van der Waals surface area contributed by atoms with Crippen LogP contribution < -0.4 is 5.32 Å². The van der Waals surface area contributed by atoms with Crippen LogP contribution in [0.25, 0.3) is 10.8 Å². The topological polar surface area (TPSA) is 71.5 Å². The first-order chi connectivity index (χ1) is 16.3. The monoisotopic (exact) mass is 463 g/mol. The van der Waals surface area contributed by atoms with Crippen molar-refractivity contribution in [2.24, 2.45) is 5.92 Å². The SMILES string of the molecule is CC(C)(NC(=O)Cc1cccc(F)c1)C(=O)N1CCOCC(Cc2ccc3ccncc3c2)C1. The maximum Gasteiger partial charge on any atom is 0.247 e. The first kappa shape index (κ1) is 23.8. The van der Waals surface area contributed by atoms with Crippen LogP contribution in [0.1, 0.15) is 25.0 Å². The number of rotatable bonds is 6. The lowest BCUT2D eigenvalue weighted by molar-refractivity contribution is -0.140. The van der Waals surface area contributed by atoms with Crippen molar-refractivity contribution < 1.29 is 18.7 Å². The normalized spacial score (nSPS) is 16.8. The molecule has 2 amide bonds. The molecule has 1 aliphatic heterocycles. The van der Waals surface area contributed by atoms with Crippen molar-refractivity contribution in [3.63, 3.8) is 0 Å². The van der Waals surface area contributed by atoms with Gasteiger partial charge in [-0.05, 0) is 61.0 Å². The second-order valence-electron chi connectivity index (χ2n) is 9.43. The molecule has 34 heavy (non-hydrogen) atoms. The van der Waals surface area contributed by atoms with Crippen molar-refractivity contribution in [2.45, 2.75) is 32.2 Å². The average Bonchev–Trinajstić information content (AvgIpc) is 3.03. The molecule has 1 unspecified atom stereocenters. The molecule has 0 radical (unpaired) electrons. The molecular weight excluding hydrogens is 433 g/mol. The molecule has 4 rings (SSSR count). The maximum atomic E-state index is 13.4. The number of carbonyl (C=O) groups excluding carboxylic acids is 2. The van der Waals surface area contributed by atoms with Gasteiger partial charge in [0, 0.05) is 36.8 Å². The molecule has 0 aliphatic carbocycles. The van der Waals surface area contributed by atoms with Gasteiger partial charge in [0.1, 0.15) is 11.4 Å². The number of carbonyl (C=O) groups is 2. The lowest BCUT2D eigenvalue weighted by Crippen LogP contribution is -2.57. The molecule has 1 aliphatic rings. The molecule has 1 saturated heterocycles. The first-order valence-electron chi connectivity index (χ1n) is 11.6. The molecule has 178 valence electrons. The van der Waals surface area contributed by atoms with Gasteiger partial charge < -0.3 is 15.0 Å². The highest BCUT2D eigenvalue weighted by molar-refractivity contribution is 5.91. The number of ether oxygens (including phenoxy) is 1. The van der Waals surface area contributed by atoms with Crippen LogP contribution in [0, 0.1) is 11.7 Å². The predicted octanol–water partition coefficient (Wildman–Crippen LogP) is 3.53. The molecule has 0 bridgehead atoms. The third-order valence-electron chi connectivity index (χ3n) is 6.09. The number of hydrogen-bond donors (Lipinski definition) is 1. The molecule has 1 atom stereocenters. The van der Waals surface area contributed by atoms with Crippen LogP contribution in [0.3, 0.4) is 0 Å². The van der Waals surface area contributed by atoms with Crippen LogP contribution >= 0.6 is 0 Å². The largest absolute Gasteiger partial charge is 0.379 e. The Kier molecular flexibility index (Phi) is 7.22. The van der Waals surface area contributed by atoms with Crippen LogP contribution in [0.15, 0.2) is 60.9 Å². The molecule has 6 nitrogen and oxygen atoms in total. The second-order valence-corrected chi connectivity index (χ2v) is 9.43. The smallest absolute Gasteiger partial charge is 0.247 e. The van der Waals surface area contributed by atoms with Crippen molar-refractivity contribution in [1.82, 2.24) is 15.2 Å². The summed E-state index contributed by atoms with van der Waals surface area (Å²) in [7, 11) is 0. The van der Waals surface area contributed by atoms with Gasteiger partial charge in [-0.15, -0.1) is 0 Å². The Labute approximate surface area is 199 Å². The lowest BCUT2D eigenvalue weighted by Gasteiger charge is -2.33. The summed E-state index contributed by atoms with van der Waals surface area (Å²) in [4.78, 5) is 31.9. The molecule has 3 aromatic rings. The fraction of sp³-hybridized carbons (Fsp3) is 0.370. The summed E-state index contributed by atoms with van der Waals surface area (Å²) in [5, 5.41) is 5.06. The first-order valence-corrected chi connectivity index (χ1v) is 11.6. The Balaban J connectivity index is 1.39. The van der Waals surface area contributed by atoms with Crippen LogP contribution in [0.4, 0.5) is 4.39 Å². The van der Waals surface area contributed by atoms with Crippen molar-refractivity contribution >= 4 is 22.6 Å². The molecular formula is C27H30FN3O3. The fourth-order valence-corrected chi connectivity index (χ4v) is 4.46. The Morgan fingerprint density at radius 3 is 2.82 bits per heavy atom. The van der Waals surface area contributed by atoms with E-state index in [0.29, 0.717) is 31.9 Å². The minimum atomic E-state index is -1.09. The highest BCUT2D eigenvalue weighted by Crippen LogP contribution is 2.20. The molecule has 1 fully saturated rings. The van der Waals surface area contributed by atoms with Crippen LogP contribution in [0.5, 0.6) is 0 Å². The number of hydrogen-bond acceptors (Lipinski definition) is 4. The Morgan fingerprint density at radius 2 is 2.00 bits per heavy atom. The summed E-state index contributed by atoms with van der Waals surface area (Å²) in [6, 6.07) is 14.2. The van der Waals surface area contributed by atoms with E-state index >= 15 is 0 Å². The quantitative estimate of drug-likeness (QED) is 0.607. The molecule has 0 spiro atoms. The summed E-state index contributed by atoms with van der Waals surface area (Å²) in [6.07, 6.45) is 4.43. The van der Waals surface area contributed by atoms with E-state index in [2.05, 4.69) is 28.5 Å². The zero-order valence-electron chi connectivity index (χ0n) is 19.6. The van der Waals surface area contributed by atoms with Crippen molar-refractivity contribution in [3.8, 4) is 0 Å². The third-order valence-corrected chi connectivity index (χ3v) is 6.09. The molecule has 1 N–H and O–H groups in total. The Morgan fingerprint density at radius 1 is 1.15 bits per heavy atom. The number of nitrogens with one attached hydrogen (secondary N) is 1. The number of fused-ring (bicyclic) bond motifs is 1. The van der Waals surface area contributed by atoms with Crippen molar-refractivity contribution in [3.05, 3.63) is 77.9 Å². The molecule has 7 heteroatoms. The number of halogens is 1. The summed E-state index contributed by atoms with van der Waals surface area (Å²) >= 11 is 0. The van der Waals surface area contributed by atoms with E-state index in [1.54, 1.807) is 37.1 Å². The third kappa shape index (κ3) is 5.97. The van der Waals surface area contributed by atoms with Gasteiger partial charge in [0.2, 0.25) is 11.8 Å². The molecule has 2 aromatic carbocycles. The lowest BCUT2D eigenvalue weighted by atomic mass is 9.96. The number of benzene rings is 2. The van der Waals surface area contributed by atoms with Gasteiger partial charge in [0.15, 0.2) is 0 Å². The second kappa shape index (κ2) is 10.3. The summed E-state index contributed by atoms with van der Waals surface area (Å²) in [5.74, 6) is -0.729. The van der Waals surface area contributed by atoms with Crippen LogP contribution in [0.2, 0.25) is 0 Å². The zero-order chi connectivity index (χ0) is 24.1. The van der Waals surface area contributed by atoms with E-state index in [1.165, 1.54) is 17.7 Å². The van der Waals surface area contributed by atoms with Gasteiger partial charge in [0.05, 0.1) is 19.6 Å². The van der Waals surface area contributed by atoms with E-state index in [9.17, 15) is 14.0 Å². The van der Waals surface area contributed by atoms with E-state index < -0.39 is 5.54 Å². The van der Waals surface area contributed by atoms with Gasteiger partial charge >= 0.3 is 0 Å². The summed E-state index contributed by atoms with van der Waals surface area (Å²) in [6.45, 7) is 5.46. The van der Waals surface area contributed by atoms with E-state index in [0.717, 1.165) is 17.2 Å². The highest BCUT2D eigenvalue weighted by atomic mass is 19.1. The Bertz CT molecular complexity index is 1180. The van der Waals surface area contributed by atoms with Gasteiger partial charge in [-0.1, -0.05) is 24.3 Å². The fourth-order valence-electron chi connectivity index (χ4n) is 4.46. The van der Waals surface area contributed by atoms with Gasteiger partial charge in [-0.2, -0.15) is 0 Å². The molecule has 2 heterocycles. The van der Waals surface area contributed by atoms with Crippen LogP contribution in [-0.4, -0.2) is 53.5 Å². The maximum absolute atomic E-state index is 13.4. The highest BCUT2D eigenvalue weighted by Gasteiger charge is 2.35. The summed E-state index contributed by atoms with van der Waals surface area (Å²) < 4.78 is 19.2. The molecule has 0 saturated carbocycles. The minimum absolute atomic E-state index is 0.0109. The van der Waals surface area contributed by atoms with Gasteiger partial charge in [-0.25, -0.2) is 4.39 Å². The summed E-state index contributed by atoms with van der Waals surface area (Å²) in [5.41, 5.74) is 0.647.